The lowest BCUT2D eigenvalue weighted by molar-refractivity contribution is -0.388. The molecule has 0 aliphatic carbocycles. The van der Waals surface area contributed by atoms with Crippen molar-refractivity contribution in [3.63, 3.8) is 0 Å². The summed E-state index contributed by atoms with van der Waals surface area (Å²) in [5.74, 6) is 4.07. The first-order valence-electron chi connectivity index (χ1n) is 3.84. The summed E-state index contributed by atoms with van der Waals surface area (Å²) in [6.07, 6.45) is -4.98. The second kappa shape index (κ2) is 5.55. The highest BCUT2D eigenvalue weighted by atomic mass is 35.5. The van der Waals surface area contributed by atoms with E-state index in [1.807, 2.05) is 0 Å². The minimum atomic E-state index is -4.98. The van der Waals surface area contributed by atoms with Gasteiger partial charge in [0.2, 0.25) is 5.75 Å². The summed E-state index contributed by atoms with van der Waals surface area (Å²) in [6.45, 7) is 0. The van der Waals surface area contributed by atoms with Gasteiger partial charge in [-0.05, 0) is 12.1 Å². The number of benzene rings is 1. The lowest BCUT2D eigenvalue weighted by Gasteiger charge is -2.09. The monoisotopic (exact) mass is 273 g/mol. The zero-order valence-corrected chi connectivity index (χ0v) is 8.84. The lowest BCUT2D eigenvalue weighted by Crippen LogP contribution is -2.18. The average Bonchev–Trinajstić information content (AvgIpc) is 2.15. The zero-order chi connectivity index (χ0) is 12.3. The van der Waals surface area contributed by atoms with Gasteiger partial charge in [-0.2, -0.15) is 0 Å². The van der Waals surface area contributed by atoms with E-state index in [1.54, 1.807) is 0 Å². The van der Waals surface area contributed by atoms with E-state index in [-0.39, 0.29) is 18.1 Å². The Balaban J connectivity index is 0.00000256. The van der Waals surface area contributed by atoms with Gasteiger partial charge in [0.15, 0.2) is 0 Å². The molecular weight excluding hydrogens is 267 g/mol. The maximum atomic E-state index is 11.9. The number of halogens is 4. The van der Waals surface area contributed by atoms with Gasteiger partial charge in [0, 0.05) is 6.07 Å². The molecule has 0 saturated carbocycles. The highest BCUT2D eigenvalue weighted by Crippen LogP contribution is 2.33. The molecule has 0 heterocycles. The normalized spacial score (nSPS) is 10.4. The molecule has 96 valence electrons. The zero-order valence-electron chi connectivity index (χ0n) is 8.02. The minimum absolute atomic E-state index is 0. The molecule has 0 atom stereocenters. The third-order valence-corrected chi connectivity index (χ3v) is 1.55. The quantitative estimate of drug-likeness (QED) is 0.500. The van der Waals surface area contributed by atoms with E-state index in [0.717, 1.165) is 18.2 Å². The van der Waals surface area contributed by atoms with Gasteiger partial charge in [0.25, 0.3) is 0 Å². The number of anilines is 1. The number of nitrogens with zero attached hydrogens (tertiary/aromatic N) is 1. The van der Waals surface area contributed by atoms with Gasteiger partial charge in [-0.25, -0.2) is 0 Å². The molecule has 1 aromatic rings. The molecule has 0 aliphatic heterocycles. The van der Waals surface area contributed by atoms with Gasteiger partial charge in [0.1, 0.15) is 0 Å². The van der Waals surface area contributed by atoms with E-state index in [4.69, 9.17) is 5.84 Å². The number of nitro groups is 1. The Kier molecular flexibility index (Phi) is 4.98. The molecule has 0 amide bonds. The fraction of sp³-hybridized carbons (Fsp3) is 0.143. The van der Waals surface area contributed by atoms with E-state index in [9.17, 15) is 23.3 Å². The van der Waals surface area contributed by atoms with E-state index < -0.39 is 22.7 Å². The topological polar surface area (TPSA) is 90.4 Å². The van der Waals surface area contributed by atoms with Crippen LogP contribution >= 0.6 is 12.4 Å². The molecule has 1 aromatic carbocycles. The number of hydrazine groups is 1. The van der Waals surface area contributed by atoms with Crippen molar-refractivity contribution in [1.82, 2.24) is 0 Å². The molecule has 17 heavy (non-hydrogen) atoms. The van der Waals surface area contributed by atoms with Gasteiger partial charge in [0.05, 0.1) is 10.6 Å². The van der Waals surface area contributed by atoms with Crippen LogP contribution in [0.2, 0.25) is 0 Å². The number of ether oxygens (including phenoxy) is 1. The van der Waals surface area contributed by atoms with Gasteiger partial charge in [-0.15, -0.1) is 25.6 Å². The third kappa shape index (κ3) is 4.33. The molecule has 0 bridgehead atoms. The molecule has 3 N–H and O–H groups in total. The van der Waals surface area contributed by atoms with E-state index in [2.05, 4.69) is 10.2 Å². The molecule has 0 aliphatic rings. The van der Waals surface area contributed by atoms with Crippen LogP contribution in [0, 0.1) is 10.1 Å². The van der Waals surface area contributed by atoms with Gasteiger partial charge in [-0.3, -0.25) is 16.0 Å². The van der Waals surface area contributed by atoms with Crippen LogP contribution < -0.4 is 16.0 Å². The van der Waals surface area contributed by atoms with Crippen molar-refractivity contribution in [2.45, 2.75) is 6.36 Å². The number of nitrogens with one attached hydrogen (secondary N) is 1. The maximum Gasteiger partial charge on any atom is 0.573 e. The smallest absolute Gasteiger partial charge is 0.398 e. The standard InChI is InChI=1S/C7H6F3N3O3.ClH/c8-7(9,10)16-6-2-1-4(12-11)3-5(6)13(14)15;/h1-3,12H,11H2;1H. The second-order valence-corrected chi connectivity index (χ2v) is 2.63. The molecule has 0 aromatic heterocycles. The van der Waals surface area contributed by atoms with Crippen molar-refractivity contribution in [1.29, 1.82) is 0 Å². The van der Waals surface area contributed by atoms with Crippen LogP contribution in [-0.4, -0.2) is 11.3 Å². The molecule has 0 fully saturated rings. The lowest BCUT2D eigenvalue weighted by atomic mass is 10.2. The number of hydrogen-bond donors (Lipinski definition) is 2. The number of alkyl halides is 3. The Morgan fingerprint density at radius 3 is 2.41 bits per heavy atom. The van der Waals surface area contributed by atoms with Crippen LogP contribution in [0.25, 0.3) is 0 Å². The summed E-state index contributed by atoms with van der Waals surface area (Å²) in [7, 11) is 0. The number of nitrogens with two attached hydrogens (primary N) is 1. The number of rotatable bonds is 3. The van der Waals surface area contributed by atoms with Crippen LogP contribution in [0.1, 0.15) is 0 Å². The Morgan fingerprint density at radius 2 is 2.00 bits per heavy atom. The fourth-order valence-corrected chi connectivity index (χ4v) is 0.961. The van der Waals surface area contributed by atoms with Crippen LogP contribution in [-0.2, 0) is 0 Å². The van der Waals surface area contributed by atoms with E-state index in [1.165, 1.54) is 0 Å². The number of nitrogen functional groups attached to an aromatic ring is 1. The van der Waals surface area contributed by atoms with Crippen molar-refractivity contribution in [2.75, 3.05) is 5.43 Å². The minimum Gasteiger partial charge on any atom is -0.398 e. The highest BCUT2D eigenvalue weighted by Gasteiger charge is 2.34. The molecule has 0 radical (unpaired) electrons. The molecule has 0 unspecified atom stereocenters. The van der Waals surface area contributed by atoms with Crippen molar-refractivity contribution in [3.8, 4) is 5.75 Å². The summed E-state index contributed by atoms with van der Waals surface area (Å²) < 4.78 is 39.1. The van der Waals surface area contributed by atoms with Gasteiger partial charge >= 0.3 is 12.0 Å². The summed E-state index contributed by atoms with van der Waals surface area (Å²) in [6, 6.07) is 2.76. The first-order valence-corrected chi connectivity index (χ1v) is 3.84. The molecular formula is C7H7ClF3N3O3. The molecule has 10 heteroatoms. The van der Waals surface area contributed by atoms with E-state index >= 15 is 0 Å². The van der Waals surface area contributed by atoms with Crippen LogP contribution in [0.5, 0.6) is 5.75 Å². The Hall–Kier alpha value is -1.74. The second-order valence-electron chi connectivity index (χ2n) is 2.63. The van der Waals surface area contributed by atoms with Crippen molar-refractivity contribution < 1.29 is 22.8 Å². The van der Waals surface area contributed by atoms with Crippen LogP contribution in [0.4, 0.5) is 24.5 Å². The van der Waals surface area contributed by atoms with Gasteiger partial charge in [-0.1, -0.05) is 0 Å². The first-order chi connectivity index (χ1) is 7.33. The predicted molar refractivity (Wildman–Crippen MR) is 54.8 cm³/mol. The van der Waals surface area contributed by atoms with Crippen molar-refractivity contribution in [3.05, 3.63) is 28.3 Å². The average molecular weight is 274 g/mol. The molecule has 6 nitrogen and oxygen atoms in total. The maximum absolute atomic E-state index is 11.9. The summed E-state index contributed by atoms with van der Waals surface area (Å²) in [5.41, 5.74) is 1.34. The van der Waals surface area contributed by atoms with Gasteiger partial charge < -0.3 is 10.2 Å². The van der Waals surface area contributed by atoms with Crippen LogP contribution in [0.3, 0.4) is 0 Å². The van der Waals surface area contributed by atoms with E-state index in [0.29, 0.717) is 0 Å². The summed E-state index contributed by atoms with van der Waals surface area (Å²) in [4.78, 5) is 9.47. The number of nitro benzene ring substituents is 1. The number of hydrogen-bond acceptors (Lipinski definition) is 5. The summed E-state index contributed by atoms with van der Waals surface area (Å²) >= 11 is 0. The predicted octanol–water partition coefficient (Wildman–Crippen LogP) is 2.20. The molecule has 1 rings (SSSR count). The Morgan fingerprint density at radius 1 is 1.41 bits per heavy atom. The SMILES string of the molecule is Cl.NNc1ccc(OC(F)(F)F)c([N+](=O)[O-])c1. The highest BCUT2D eigenvalue weighted by molar-refractivity contribution is 5.85. The molecule has 0 saturated heterocycles. The third-order valence-electron chi connectivity index (χ3n) is 1.55. The largest absolute Gasteiger partial charge is 0.573 e. The first kappa shape index (κ1) is 15.3. The van der Waals surface area contributed by atoms with Crippen molar-refractivity contribution >= 4 is 23.8 Å². The van der Waals surface area contributed by atoms with Crippen molar-refractivity contribution in [2.24, 2.45) is 5.84 Å². The Bertz CT molecular complexity index is 413. The molecule has 0 spiro atoms. The summed E-state index contributed by atoms with van der Waals surface area (Å²) in [5, 5.41) is 10.5. The fourth-order valence-electron chi connectivity index (χ4n) is 0.961. The van der Waals surface area contributed by atoms with Crippen LogP contribution in [0.15, 0.2) is 18.2 Å². The Labute approximate surface area is 99.1 Å².